The number of hydrogen-bond acceptors (Lipinski definition) is 5. The van der Waals surface area contributed by atoms with Gasteiger partial charge in [0.05, 0.1) is 5.39 Å². The molecule has 0 aromatic carbocycles. The number of nitrogens with one attached hydrogen (secondary N) is 2. The van der Waals surface area contributed by atoms with Crippen molar-refractivity contribution >= 4 is 33.3 Å². The molecule has 0 spiro atoms. The zero-order chi connectivity index (χ0) is 15.4. The molecule has 118 valence electrons. The highest BCUT2D eigenvalue weighted by molar-refractivity contribution is 7.18. The summed E-state index contributed by atoms with van der Waals surface area (Å²) in [6.45, 7) is 2.74. The Morgan fingerprint density at radius 3 is 2.95 bits per heavy atom. The summed E-state index contributed by atoms with van der Waals surface area (Å²) in [6.07, 6.45) is 7.79. The van der Waals surface area contributed by atoms with Gasteiger partial charge in [-0.15, -0.1) is 11.3 Å². The Labute approximate surface area is 134 Å². The number of aryl methyl sites for hydroxylation is 1. The van der Waals surface area contributed by atoms with Crippen molar-refractivity contribution in [1.82, 2.24) is 15.3 Å². The van der Waals surface area contributed by atoms with Crippen molar-refractivity contribution < 1.29 is 4.79 Å². The van der Waals surface area contributed by atoms with Crippen LogP contribution in [0.2, 0.25) is 0 Å². The van der Waals surface area contributed by atoms with Crippen LogP contribution in [0.15, 0.2) is 12.4 Å². The highest BCUT2D eigenvalue weighted by atomic mass is 32.1. The fourth-order valence-corrected chi connectivity index (χ4v) is 3.82. The molecule has 22 heavy (non-hydrogen) atoms. The standard InChI is InChI=1S/C16H22N4OS/c1-2-12-9-13-15(18-10-19-16(13)22-12)17-8-7-14(21)20-11-5-3-4-6-11/h9-11H,2-8H2,1H3,(H,20,21)(H,17,18,19). The van der Waals surface area contributed by atoms with Crippen molar-refractivity contribution in [2.45, 2.75) is 51.5 Å². The number of fused-ring (bicyclic) bond motifs is 1. The van der Waals surface area contributed by atoms with Crippen LogP contribution in [0, 0.1) is 0 Å². The van der Waals surface area contributed by atoms with Crippen LogP contribution in [-0.2, 0) is 11.2 Å². The molecule has 1 saturated carbocycles. The van der Waals surface area contributed by atoms with Crippen LogP contribution in [0.5, 0.6) is 0 Å². The minimum absolute atomic E-state index is 0.129. The number of amides is 1. The van der Waals surface area contributed by atoms with E-state index < -0.39 is 0 Å². The molecular weight excluding hydrogens is 296 g/mol. The number of carbonyl (C=O) groups is 1. The lowest BCUT2D eigenvalue weighted by molar-refractivity contribution is -0.121. The van der Waals surface area contributed by atoms with Crippen LogP contribution in [0.3, 0.4) is 0 Å². The third-order valence-corrected chi connectivity index (χ3v) is 5.28. The summed E-state index contributed by atoms with van der Waals surface area (Å²) < 4.78 is 0. The van der Waals surface area contributed by atoms with Gasteiger partial charge in [-0.05, 0) is 25.3 Å². The average Bonchev–Trinajstić information content (AvgIpc) is 3.16. The third kappa shape index (κ3) is 3.55. The molecule has 3 rings (SSSR count). The van der Waals surface area contributed by atoms with Gasteiger partial charge in [0, 0.05) is 23.9 Å². The summed E-state index contributed by atoms with van der Waals surface area (Å²) in [7, 11) is 0. The Bertz CT molecular complexity index is 649. The van der Waals surface area contributed by atoms with Gasteiger partial charge in [0.2, 0.25) is 5.91 Å². The molecule has 0 atom stereocenters. The van der Waals surface area contributed by atoms with Gasteiger partial charge in [0.25, 0.3) is 0 Å². The first kappa shape index (κ1) is 15.2. The fourth-order valence-electron chi connectivity index (χ4n) is 2.88. The summed E-state index contributed by atoms with van der Waals surface area (Å²) in [4.78, 5) is 22.8. The molecule has 2 N–H and O–H groups in total. The fraction of sp³-hybridized carbons (Fsp3) is 0.562. The predicted octanol–water partition coefficient (Wildman–Crippen LogP) is 3.11. The zero-order valence-electron chi connectivity index (χ0n) is 12.9. The Hall–Kier alpha value is -1.69. The molecule has 0 saturated heterocycles. The summed E-state index contributed by atoms with van der Waals surface area (Å²) in [6, 6.07) is 2.53. The number of rotatable bonds is 6. The Morgan fingerprint density at radius 1 is 1.36 bits per heavy atom. The lowest BCUT2D eigenvalue weighted by atomic mass is 10.2. The Morgan fingerprint density at radius 2 is 2.18 bits per heavy atom. The van der Waals surface area contributed by atoms with E-state index in [1.54, 1.807) is 17.7 Å². The van der Waals surface area contributed by atoms with Gasteiger partial charge in [-0.3, -0.25) is 4.79 Å². The molecule has 1 amide bonds. The van der Waals surface area contributed by atoms with Crippen molar-refractivity contribution in [2.24, 2.45) is 0 Å². The monoisotopic (exact) mass is 318 g/mol. The van der Waals surface area contributed by atoms with Crippen LogP contribution in [0.25, 0.3) is 10.2 Å². The van der Waals surface area contributed by atoms with E-state index in [2.05, 4.69) is 33.6 Å². The molecule has 1 fully saturated rings. The van der Waals surface area contributed by atoms with Crippen molar-refractivity contribution in [3.05, 3.63) is 17.3 Å². The minimum atomic E-state index is 0.129. The van der Waals surface area contributed by atoms with Gasteiger partial charge in [0.1, 0.15) is 17.0 Å². The number of thiophene rings is 1. The first-order valence-electron chi connectivity index (χ1n) is 8.03. The van der Waals surface area contributed by atoms with Gasteiger partial charge in [-0.25, -0.2) is 9.97 Å². The molecule has 0 radical (unpaired) electrons. The minimum Gasteiger partial charge on any atom is -0.369 e. The number of carbonyl (C=O) groups excluding carboxylic acids is 1. The quantitative estimate of drug-likeness (QED) is 0.859. The first-order valence-corrected chi connectivity index (χ1v) is 8.84. The molecule has 2 aromatic rings. The molecule has 1 aliphatic carbocycles. The van der Waals surface area contributed by atoms with Crippen molar-refractivity contribution in [2.75, 3.05) is 11.9 Å². The van der Waals surface area contributed by atoms with E-state index >= 15 is 0 Å². The van der Waals surface area contributed by atoms with Gasteiger partial charge >= 0.3 is 0 Å². The van der Waals surface area contributed by atoms with Crippen LogP contribution >= 0.6 is 11.3 Å². The van der Waals surface area contributed by atoms with E-state index in [-0.39, 0.29) is 5.91 Å². The van der Waals surface area contributed by atoms with Crippen LogP contribution in [0.1, 0.15) is 43.9 Å². The molecular formula is C16H22N4OS. The molecule has 5 nitrogen and oxygen atoms in total. The lowest BCUT2D eigenvalue weighted by Gasteiger charge is -2.12. The smallest absolute Gasteiger partial charge is 0.221 e. The van der Waals surface area contributed by atoms with Crippen LogP contribution in [-0.4, -0.2) is 28.5 Å². The largest absolute Gasteiger partial charge is 0.369 e. The number of hydrogen-bond donors (Lipinski definition) is 2. The predicted molar refractivity (Wildman–Crippen MR) is 90.3 cm³/mol. The highest BCUT2D eigenvalue weighted by Crippen LogP contribution is 2.28. The van der Waals surface area contributed by atoms with Crippen LogP contribution < -0.4 is 10.6 Å². The van der Waals surface area contributed by atoms with Crippen molar-refractivity contribution in [1.29, 1.82) is 0 Å². The summed E-state index contributed by atoms with van der Waals surface area (Å²) in [5.41, 5.74) is 0. The topological polar surface area (TPSA) is 66.9 Å². The van der Waals surface area contributed by atoms with E-state index in [0.717, 1.165) is 35.3 Å². The van der Waals surface area contributed by atoms with E-state index in [4.69, 9.17) is 0 Å². The molecule has 0 unspecified atom stereocenters. The van der Waals surface area contributed by atoms with E-state index in [0.29, 0.717) is 19.0 Å². The maximum Gasteiger partial charge on any atom is 0.221 e. The van der Waals surface area contributed by atoms with Gasteiger partial charge in [-0.2, -0.15) is 0 Å². The van der Waals surface area contributed by atoms with Gasteiger partial charge < -0.3 is 10.6 Å². The molecule has 2 aromatic heterocycles. The SMILES string of the molecule is CCc1cc2c(NCCC(=O)NC3CCCC3)ncnc2s1. The van der Waals surface area contributed by atoms with Crippen molar-refractivity contribution in [3.63, 3.8) is 0 Å². The summed E-state index contributed by atoms with van der Waals surface area (Å²) >= 11 is 1.70. The zero-order valence-corrected chi connectivity index (χ0v) is 13.7. The summed E-state index contributed by atoms with van der Waals surface area (Å²) in [5.74, 6) is 0.957. The highest BCUT2D eigenvalue weighted by Gasteiger charge is 2.16. The molecule has 0 bridgehead atoms. The normalized spacial score (nSPS) is 15.3. The molecule has 2 heterocycles. The number of anilines is 1. The second kappa shape index (κ2) is 7.05. The third-order valence-electron chi connectivity index (χ3n) is 4.09. The average molecular weight is 318 g/mol. The molecule has 0 aliphatic heterocycles. The molecule has 1 aliphatic rings. The van der Waals surface area contributed by atoms with E-state index in [1.165, 1.54) is 17.7 Å². The van der Waals surface area contributed by atoms with Crippen molar-refractivity contribution in [3.8, 4) is 0 Å². The van der Waals surface area contributed by atoms with Gasteiger partial charge in [-0.1, -0.05) is 19.8 Å². The Balaban J connectivity index is 1.54. The van der Waals surface area contributed by atoms with Gasteiger partial charge in [0.15, 0.2) is 0 Å². The van der Waals surface area contributed by atoms with E-state index in [1.807, 2.05) is 0 Å². The molecule has 6 heteroatoms. The number of aromatic nitrogens is 2. The maximum atomic E-state index is 11.9. The lowest BCUT2D eigenvalue weighted by Crippen LogP contribution is -2.33. The summed E-state index contributed by atoms with van der Waals surface area (Å²) in [5, 5.41) is 7.44. The number of nitrogens with zero attached hydrogens (tertiary/aromatic N) is 2. The second-order valence-corrected chi connectivity index (χ2v) is 6.85. The Kier molecular flexibility index (Phi) is 4.87. The van der Waals surface area contributed by atoms with E-state index in [9.17, 15) is 4.79 Å². The first-order chi connectivity index (χ1) is 10.8. The maximum absolute atomic E-state index is 11.9. The van der Waals surface area contributed by atoms with Crippen LogP contribution in [0.4, 0.5) is 5.82 Å². The second-order valence-electron chi connectivity index (χ2n) is 5.73.